The van der Waals surface area contributed by atoms with Gasteiger partial charge in [0, 0.05) is 18.0 Å². The SMILES string of the molecule is CCCCCCCCCCc1ccc(-c2ncc(CCCC(C)OC(=O)c3ccccc3)cn2)cc1. The average molecular weight is 487 g/mol. The molecule has 0 aliphatic carbocycles. The van der Waals surface area contributed by atoms with Crippen molar-refractivity contribution in [1.82, 2.24) is 9.97 Å². The summed E-state index contributed by atoms with van der Waals surface area (Å²) in [5.74, 6) is 0.502. The number of aryl methyl sites for hydroxylation is 2. The number of nitrogens with zero attached hydrogens (tertiary/aromatic N) is 2. The van der Waals surface area contributed by atoms with Crippen LogP contribution in [0.25, 0.3) is 11.4 Å². The van der Waals surface area contributed by atoms with Crippen molar-refractivity contribution < 1.29 is 9.53 Å². The van der Waals surface area contributed by atoms with E-state index < -0.39 is 0 Å². The minimum absolute atomic E-state index is 0.123. The van der Waals surface area contributed by atoms with Gasteiger partial charge < -0.3 is 4.74 Å². The quantitative estimate of drug-likeness (QED) is 0.151. The van der Waals surface area contributed by atoms with Crippen LogP contribution in [-0.2, 0) is 17.6 Å². The van der Waals surface area contributed by atoms with Gasteiger partial charge in [0.2, 0.25) is 0 Å². The van der Waals surface area contributed by atoms with Crippen LogP contribution in [0, 0.1) is 0 Å². The summed E-state index contributed by atoms with van der Waals surface area (Å²) in [4.78, 5) is 21.3. The number of carbonyl (C=O) groups excluding carboxylic acids is 1. The minimum Gasteiger partial charge on any atom is -0.459 e. The molecule has 3 aromatic rings. The first-order chi connectivity index (χ1) is 17.7. The van der Waals surface area contributed by atoms with Gasteiger partial charge >= 0.3 is 5.97 Å². The van der Waals surface area contributed by atoms with Crippen LogP contribution >= 0.6 is 0 Å². The van der Waals surface area contributed by atoms with Crippen LogP contribution in [0.3, 0.4) is 0 Å². The van der Waals surface area contributed by atoms with Crippen molar-refractivity contribution in [2.45, 2.75) is 97.0 Å². The predicted octanol–water partition coefficient (Wildman–Crippen LogP) is 8.40. The Balaban J connectivity index is 1.34. The molecule has 0 radical (unpaired) electrons. The van der Waals surface area contributed by atoms with Crippen LogP contribution in [0.5, 0.6) is 0 Å². The van der Waals surface area contributed by atoms with Crippen molar-refractivity contribution in [3.05, 3.63) is 83.7 Å². The summed E-state index contributed by atoms with van der Waals surface area (Å²) in [7, 11) is 0. The third-order valence-corrected chi connectivity index (χ3v) is 6.63. The lowest BCUT2D eigenvalue weighted by atomic mass is 10.0. The molecule has 2 aromatic carbocycles. The molecule has 0 aliphatic heterocycles. The summed E-state index contributed by atoms with van der Waals surface area (Å²) in [5.41, 5.74) is 4.15. The van der Waals surface area contributed by atoms with E-state index >= 15 is 0 Å². The third-order valence-electron chi connectivity index (χ3n) is 6.63. The lowest BCUT2D eigenvalue weighted by Crippen LogP contribution is -2.15. The second-order valence-corrected chi connectivity index (χ2v) is 9.81. The molecule has 4 heteroatoms. The van der Waals surface area contributed by atoms with Gasteiger partial charge in [-0.25, -0.2) is 14.8 Å². The number of hydrogen-bond acceptors (Lipinski definition) is 4. The van der Waals surface area contributed by atoms with Gasteiger partial charge in [-0.3, -0.25) is 0 Å². The van der Waals surface area contributed by atoms with E-state index in [0.29, 0.717) is 5.56 Å². The zero-order valence-electron chi connectivity index (χ0n) is 22.1. The molecule has 0 N–H and O–H groups in total. The van der Waals surface area contributed by atoms with E-state index in [4.69, 9.17) is 4.74 Å². The van der Waals surface area contributed by atoms with Crippen LogP contribution in [0.2, 0.25) is 0 Å². The summed E-state index contributed by atoms with van der Waals surface area (Å²) in [6.07, 6.45) is 18.3. The Morgan fingerprint density at radius 2 is 1.36 bits per heavy atom. The van der Waals surface area contributed by atoms with E-state index in [0.717, 1.165) is 42.6 Å². The Kier molecular flexibility index (Phi) is 12.2. The molecule has 1 aromatic heterocycles. The summed E-state index contributed by atoms with van der Waals surface area (Å²) < 4.78 is 5.55. The topological polar surface area (TPSA) is 52.1 Å². The maximum atomic E-state index is 12.2. The number of hydrogen-bond donors (Lipinski definition) is 0. The molecule has 192 valence electrons. The maximum Gasteiger partial charge on any atom is 0.338 e. The number of ether oxygens (including phenoxy) is 1. The van der Waals surface area contributed by atoms with Crippen molar-refractivity contribution in [3.63, 3.8) is 0 Å². The first-order valence-electron chi connectivity index (χ1n) is 13.8. The van der Waals surface area contributed by atoms with Crippen molar-refractivity contribution in [2.75, 3.05) is 0 Å². The fourth-order valence-electron chi connectivity index (χ4n) is 4.39. The first kappa shape index (κ1) is 27.6. The van der Waals surface area contributed by atoms with Crippen LogP contribution < -0.4 is 0 Å². The van der Waals surface area contributed by atoms with Crippen LogP contribution in [0.15, 0.2) is 67.0 Å². The Labute approximate surface area is 217 Å². The van der Waals surface area contributed by atoms with Gasteiger partial charge in [0.1, 0.15) is 0 Å². The zero-order chi connectivity index (χ0) is 25.4. The first-order valence-corrected chi connectivity index (χ1v) is 13.8. The van der Waals surface area contributed by atoms with E-state index in [1.807, 2.05) is 37.5 Å². The summed E-state index contributed by atoms with van der Waals surface area (Å²) in [5, 5.41) is 0. The smallest absolute Gasteiger partial charge is 0.338 e. The molecular formula is C32H42N2O2. The number of esters is 1. The molecule has 4 nitrogen and oxygen atoms in total. The van der Waals surface area contributed by atoms with Crippen molar-refractivity contribution in [3.8, 4) is 11.4 Å². The number of aromatic nitrogens is 2. The van der Waals surface area contributed by atoms with Gasteiger partial charge in [-0.1, -0.05) is 94.3 Å². The molecule has 0 spiro atoms. The van der Waals surface area contributed by atoms with E-state index in [1.165, 1.54) is 56.9 Å². The highest BCUT2D eigenvalue weighted by Gasteiger charge is 2.11. The van der Waals surface area contributed by atoms with Gasteiger partial charge in [0.25, 0.3) is 0 Å². The number of rotatable bonds is 16. The zero-order valence-corrected chi connectivity index (χ0v) is 22.1. The number of carbonyl (C=O) groups is 1. The maximum absolute atomic E-state index is 12.2. The minimum atomic E-state index is -0.264. The molecule has 1 atom stereocenters. The second-order valence-electron chi connectivity index (χ2n) is 9.81. The van der Waals surface area contributed by atoms with E-state index in [-0.39, 0.29) is 12.1 Å². The molecule has 0 saturated heterocycles. The van der Waals surface area contributed by atoms with Crippen molar-refractivity contribution in [2.24, 2.45) is 0 Å². The largest absolute Gasteiger partial charge is 0.459 e. The normalized spacial score (nSPS) is 11.8. The Bertz CT molecular complexity index is 1000. The van der Waals surface area contributed by atoms with E-state index in [2.05, 4.69) is 41.2 Å². The molecule has 0 fully saturated rings. The third kappa shape index (κ3) is 9.93. The van der Waals surface area contributed by atoms with Gasteiger partial charge in [-0.2, -0.15) is 0 Å². The molecule has 3 rings (SSSR count). The summed E-state index contributed by atoms with van der Waals surface area (Å²) in [6, 6.07) is 17.8. The predicted molar refractivity (Wildman–Crippen MR) is 148 cm³/mol. The molecule has 0 saturated carbocycles. The van der Waals surface area contributed by atoms with Crippen LogP contribution in [-0.4, -0.2) is 22.0 Å². The number of unbranched alkanes of at least 4 members (excludes halogenated alkanes) is 7. The van der Waals surface area contributed by atoms with Gasteiger partial charge in [-0.05, 0) is 62.3 Å². The van der Waals surface area contributed by atoms with Gasteiger partial charge in [0.15, 0.2) is 5.82 Å². The van der Waals surface area contributed by atoms with Gasteiger partial charge in [-0.15, -0.1) is 0 Å². The molecule has 1 unspecified atom stereocenters. The molecule has 1 heterocycles. The lowest BCUT2D eigenvalue weighted by Gasteiger charge is -2.13. The second kappa shape index (κ2) is 15.9. The molecule has 0 bridgehead atoms. The Morgan fingerprint density at radius 1 is 0.750 bits per heavy atom. The molecule has 36 heavy (non-hydrogen) atoms. The van der Waals surface area contributed by atoms with Gasteiger partial charge in [0.05, 0.1) is 11.7 Å². The molecule has 0 aliphatic rings. The van der Waals surface area contributed by atoms with Crippen molar-refractivity contribution in [1.29, 1.82) is 0 Å². The molecule has 0 amide bonds. The summed E-state index contributed by atoms with van der Waals surface area (Å²) >= 11 is 0. The number of benzene rings is 2. The monoisotopic (exact) mass is 486 g/mol. The van der Waals surface area contributed by atoms with E-state index in [9.17, 15) is 4.79 Å². The summed E-state index contributed by atoms with van der Waals surface area (Å²) in [6.45, 7) is 4.21. The fourth-order valence-corrected chi connectivity index (χ4v) is 4.39. The molecular weight excluding hydrogens is 444 g/mol. The highest BCUT2D eigenvalue weighted by Crippen LogP contribution is 2.18. The standard InChI is InChI=1S/C32H42N2O2/c1-3-4-5-6-7-8-9-11-16-27-20-22-29(23-21-27)31-33-24-28(25-34-31)17-14-15-26(2)36-32(35)30-18-12-10-13-19-30/h10,12-13,18-26H,3-9,11,14-17H2,1-2H3. The average Bonchev–Trinajstić information content (AvgIpc) is 2.91. The Hall–Kier alpha value is -3.01. The lowest BCUT2D eigenvalue weighted by molar-refractivity contribution is 0.0321. The Morgan fingerprint density at radius 3 is 2.03 bits per heavy atom. The van der Waals surface area contributed by atoms with Crippen molar-refractivity contribution >= 4 is 5.97 Å². The van der Waals surface area contributed by atoms with Crippen LogP contribution in [0.1, 0.15) is 99.5 Å². The van der Waals surface area contributed by atoms with Crippen LogP contribution in [0.4, 0.5) is 0 Å². The highest BCUT2D eigenvalue weighted by atomic mass is 16.5. The highest BCUT2D eigenvalue weighted by molar-refractivity contribution is 5.89. The van der Waals surface area contributed by atoms with E-state index in [1.54, 1.807) is 12.1 Å². The fraction of sp³-hybridized carbons (Fsp3) is 0.469.